The van der Waals surface area contributed by atoms with Crippen LogP contribution in [0.5, 0.6) is 5.75 Å². The lowest BCUT2D eigenvalue weighted by atomic mass is 9.79. The highest BCUT2D eigenvalue weighted by atomic mass is 16.3. The molecule has 0 spiro atoms. The monoisotopic (exact) mass is 297 g/mol. The summed E-state index contributed by atoms with van der Waals surface area (Å²) in [7, 11) is 0. The van der Waals surface area contributed by atoms with Crippen molar-refractivity contribution in [1.29, 1.82) is 0 Å². The largest absolute Gasteiger partial charge is 0.507 e. The van der Waals surface area contributed by atoms with E-state index in [1.54, 1.807) is 0 Å². The summed E-state index contributed by atoms with van der Waals surface area (Å²) < 4.78 is 0. The smallest absolute Gasteiger partial charge is 0.122 e. The molecule has 3 rings (SSSR count). The van der Waals surface area contributed by atoms with E-state index in [1.807, 2.05) is 43.3 Å². The molecule has 22 heavy (non-hydrogen) atoms. The van der Waals surface area contributed by atoms with Gasteiger partial charge in [-0.25, -0.2) is 0 Å². The van der Waals surface area contributed by atoms with Crippen molar-refractivity contribution in [1.82, 2.24) is 5.32 Å². The molecule has 0 fully saturated rings. The summed E-state index contributed by atoms with van der Waals surface area (Å²) >= 11 is 0. The molecule has 2 aromatic rings. The first-order valence-electron chi connectivity index (χ1n) is 7.89. The highest BCUT2D eigenvalue weighted by molar-refractivity contribution is 5.39. The highest BCUT2D eigenvalue weighted by Gasteiger charge is 2.33. The molecule has 0 radical (unpaired) electrons. The topological polar surface area (TPSA) is 52.5 Å². The van der Waals surface area contributed by atoms with Crippen LogP contribution < -0.4 is 5.32 Å². The minimum Gasteiger partial charge on any atom is -0.507 e. The second-order valence-corrected chi connectivity index (χ2v) is 6.23. The number of rotatable bonds is 4. The van der Waals surface area contributed by atoms with Crippen LogP contribution in [0.1, 0.15) is 35.1 Å². The number of aryl methyl sites for hydroxylation is 2. The molecule has 3 nitrogen and oxygen atoms in total. The summed E-state index contributed by atoms with van der Waals surface area (Å²) in [6.07, 6.45) is 2.82. The van der Waals surface area contributed by atoms with E-state index in [9.17, 15) is 10.2 Å². The quantitative estimate of drug-likeness (QED) is 0.813. The first-order valence-corrected chi connectivity index (χ1v) is 7.89. The number of phenols is 1. The number of hydrogen-bond acceptors (Lipinski definition) is 3. The molecule has 1 aliphatic rings. The standard InChI is InChI=1S/C19H23NO2/c1-14-6-4-8-16(18(14)21)12-20-13-19(22)11-5-9-15-7-2-3-10-17(15)19/h2-4,6-8,10,20-22H,5,9,11-13H2,1H3. The lowest BCUT2D eigenvalue weighted by molar-refractivity contribution is 0.0189. The Morgan fingerprint density at radius 2 is 1.95 bits per heavy atom. The Morgan fingerprint density at radius 1 is 1.14 bits per heavy atom. The lowest BCUT2D eigenvalue weighted by Gasteiger charge is -2.34. The van der Waals surface area contributed by atoms with E-state index in [0.717, 1.165) is 36.0 Å². The van der Waals surface area contributed by atoms with E-state index in [-0.39, 0.29) is 0 Å². The number of para-hydroxylation sites is 1. The molecule has 1 unspecified atom stereocenters. The van der Waals surface area contributed by atoms with Gasteiger partial charge in [0.2, 0.25) is 0 Å². The molecule has 1 atom stereocenters. The van der Waals surface area contributed by atoms with Crippen molar-refractivity contribution in [3.8, 4) is 5.75 Å². The molecule has 3 heteroatoms. The Morgan fingerprint density at radius 3 is 2.82 bits per heavy atom. The van der Waals surface area contributed by atoms with E-state index in [4.69, 9.17) is 0 Å². The predicted octanol–water partition coefficient (Wildman–Crippen LogP) is 3.01. The van der Waals surface area contributed by atoms with Crippen molar-refractivity contribution >= 4 is 0 Å². The molecule has 3 N–H and O–H groups in total. The Hall–Kier alpha value is -1.84. The maximum Gasteiger partial charge on any atom is 0.122 e. The average molecular weight is 297 g/mol. The SMILES string of the molecule is Cc1cccc(CNCC2(O)CCCc3ccccc32)c1O. The van der Waals surface area contributed by atoms with Crippen LogP contribution in [-0.2, 0) is 18.6 Å². The molecule has 2 aromatic carbocycles. The minimum atomic E-state index is -0.811. The molecular formula is C19H23NO2. The number of aliphatic hydroxyl groups is 1. The second kappa shape index (κ2) is 6.11. The van der Waals surface area contributed by atoms with Crippen molar-refractivity contribution in [3.05, 3.63) is 64.7 Å². The second-order valence-electron chi connectivity index (χ2n) is 6.23. The van der Waals surface area contributed by atoms with Crippen LogP contribution in [0.25, 0.3) is 0 Å². The first-order chi connectivity index (χ1) is 10.6. The van der Waals surface area contributed by atoms with Crippen LogP contribution in [0.15, 0.2) is 42.5 Å². The van der Waals surface area contributed by atoms with Crippen LogP contribution in [0, 0.1) is 6.92 Å². The summed E-state index contributed by atoms with van der Waals surface area (Å²) in [5.74, 6) is 0.339. The van der Waals surface area contributed by atoms with Crippen molar-refractivity contribution in [2.75, 3.05) is 6.54 Å². The summed E-state index contributed by atoms with van der Waals surface area (Å²) in [4.78, 5) is 0. The summed E-state index contributed by atoms with van der Waals surface area (Å²) in [5.41, 5.74) is 3.22. The van der Waals surface area contributed by atoms with Gasteiger partial charge < -0.3 is 15.5 Å². The molecular weight excluding hydrogens is 274 g/mol. The fourth-order valence-electron chi connectivity index (χ4n) is 3.35. The Balaban J connectivity index is 1.70. The number of benzene rings is 2. The molecule has 0 aromatic heterocycles. The van der Waals surface area contributed by atoms with Gasteiger partial charge in [0.15, 0.2) is 0 Å². The van der Waals surface area contributed by atoms with Crippen LogP contribution in [0.2, 0.25) is 0 Å². The molecule has 0 bridgehead atoms. The van der Waals surface area contributed by atoms with Gasteiger partial charge in [0.05, 0.1) is 0 Å². The van der Waals surface area contributed by atoms with Crippen LogP contribution in [0.4, 0.5) is 0 Å². The summed E-state index contributed by atoms with van der Waals surface area (Å²) in [6.45, 7) is 2.94. The molecule has 0 saturated carbocycles. The van der Waals surface area contributed by atoms with Gasteiger partial charge in [0.1, 0.15) is 11.4 Å². The molecule has 0 saturated heterocycles. The van der Waals surface area contributed by atoms with E-state index in [1.165, 1.54) is 5.56 Å². The Bertz CT molecular complexity index is 668. The molecule has 0 amide bonds. The molecule has 0 heterocycles. The zero-order valence-corrected chi connectivity index (χ0v) is 13.0. The fraction of sp³-hybridized carbons (Fsp3) is 0.368. The average Bonchev–Trinajstić information content (AvgIpc) is 2.52. The van der Waals surface area contributed by atoms with Crippen molar-refractivity contribution in [3.63, 3.8) is 0 Å². The van der Waals surface area contributed by atoms with Crippen LogP contribution >= 0.6 is 0 Å². The molecule has 0 aliphatic heterocycles. The Kier molecular flexibility index (Phi) is 4.19. The Labute approximate surface area is 131 Å². The third-order valence-electron chi connectivity index (χ3n) is 4.61. The van der Waals surface area contributed by atoms with Gasteiger partial charge in [-0.2, -0.15) is 0 Å². The van der Waals surface area contributed by atoms with Gasteiger partial charge in [-0.3, -0.25) is 0 Å². The number of nitrogens with one attached hydrogen (secondary N) is 1. The summed E-state index contributed by atoms with van der Waals surface area (Å²) in [5, 5.41) is 24.4. The number of aromatic hydroxyl groups is 1. The zero-order chi connectivity index (χ0) is 15.6. The first kappa shape index (κ1) is 15.1. The normalized spacial score (nSPS) is 20.6. The maximum absolute atomic E-state index is 11.0. The summed E-state index contributed by atoms with van der Waals surface area (Å²) in [6, 6.07) is 13.9. The van der Waals surface area contributed by atoms with Gasteiger partial charge in [0.25, 0.3) is 0 Å². The van der Waals surface area contributed by atoms with Gasteiger partial charge in [0, 0.05) is 18.7 Å². The number of fused-ring (bicyclic) bond motifs is 1. The van der Waals surface area contributed by atoms with Gasteiger partial charge in [-0.05, 0) is 42.9 Å². The van der Waals surface area contributed by atoms with E-state index in [0.29, 0.717) is 18.8 Å². The third-order valence-corrected chi connectivity index (χ3v) is 4.61. The van der Waals surface area contributed by atoms with Gasteiger partial charge >= 0.3 is 0 Å². The number of hydrogen-bond donors (Lipinski definition) is 3. The van der Waals surface area contributed by atoms with E-state index < -0.39 is 5.60 Å². The third kappa shape index (κ3) is 2.87. The van der Waals surface area contributed by atoms with Crippen molar-refractivity contribution in [2.24, 2.45) is 0 Å². The predicted molar refractivity (Wildman–Crippen MR) is 87.8 cm³/mol. The molecule has 116 valence electrons. The van der Waals surface area contributed by atoms with E-state index in [2.05, 4.69) is 11.4 Å². The van der Waals surface area contributed by atoms with Gasteiger partial charge in [-0.15, -0.1) is 0 Å². The minimum absolute atomic E-state index is 0.339. The van der Waals surface area contributed by atoms with Gasteiger partial charge in [-0.1, -0.05) is 42.5 Å². The van der Waals surface area contributed by atoms with Crippen LogP contribution in [0.3, 0.4) is 0 Å². The van der Waals surface area contributed by atoms with E-state index >= 15 is 0 Å². The maximum atomic E-state index is 11.0. The van der Waals surface area contributed by atoms with Crippen molar-refractivity contribution < 1.29 is 10.2 Å². The molecule has 1 aliphatic carbocycles. The zero-order valence-electron chi connectivity index (χ0n) is 13.0. The fourth-order valence-corrected chi connectivity index (χ4v) is 3.35. The van der Waals surface area contributed by atoms with Crippen molar-refractivity contribution in [2.45, 2.75) is 38.3 Å². The highest BCUT2D eigenvalue weighted by Crippen LogP contribution is 2.34. The van der Waals surface area contributed by atoms with Crippen LogP contribution in [-0.4, -0.2) is 16.8 Å². The lowest BCUT2D eigenvalue weighted by Crippen LogP contribution is -2.40. The number of phenolic OH excluding ortho intramolecular Hbond substituents is 1.